The van der Waals surface area contributed by atoms with Crippen molar-refractivity contribution in [2.75, 3.05) is 39.8 Å². The zero-order valence-electron chi connectivity index (χ0n) is 13.9. The van der Waals surface area contributed by atoms with E-state index in [1.165, 1.54) is 9.88 Å². The maximum atomic E-state index is 11.9. The fraction of sp³-hybridized carbons (Fsp3) is 0.867. The Morgan fingerprint density at radius 2 is 1.95 bits per heavy atom. The molecule has 1 rings (SSSR count). The molecule has 0 spiro atoms. The van der Waals surface area contributed by atoms with E-state index in [0.717, 1.165) is 38.9 Å². The van der Waals surface area contributed by atoms with Gasteiger partial charge in [0.25, 0.3) is 10.2 Å². The Kier molecular flexibility index (Phi) is 7.87. The highest BCUT2D eigenvalue weighted by Crippen LogP contribution is 2.17. The molecule has 1 fully saturated rings. The highest BCUT2D eigenvalue weighted by molar-refractivity contribution is 7.87. The van der Waals surface area contributed by atoms with Crippen LogP contribution in [0.15, 0.2) is 11.6 Å². The van der Waals surface area contributed by atoms with Gasteiger partial charge in [0.05, 0.1) is 0 Å². The van der Waals surface area contributed by atoms with E-state index in [2.05, 4.69) is 29.5 Å². The van der Waals surface area contributed by atoms with Gasteiger partial charge in [-0.2, -0.15) is 12.7 Å². The largest absolute Gasteiger partial charge is 0.299 e. The molecule has 124 valence electrons. The molecule has 0 unspecified atom stereocenters. The fourth-order valence-corrected chi connectivity index (χ4v) is 3.62. The minimum atomic E-state index is -3.29. The molecule has 1 saturated heterocycles. The van der Waals surface area contributed by atoms with E-state index in [1.807, 2.05) is 6.92 Å². The van der Waals surface area contributed by atoms with Crippen molar-refractivity contribution in [3.63, 3.8) is 0 Å². The van der Waals surface area contributed by atoms with Gasteiger partial charge in [-0.15, -0.1) is 0 Å². The maximum Gasteiger partial charge on any atom is 0.279 e. The number of hydrogen-bond acceptors (Lipinski definition) is 3. The van der Waals surface area contributed by atoms with E-state index in [4.69, 9.17) is 0 Å². The Morgan fingerprint density at radius 1 is 1.33 bits per heavy atom. The van der Waals surface area contributed by atoms with Crippen LogP contribution in [0.5, 0.6) is 0 Å². The van der Waals surface area contributed by atoms with E-state index in [-0.39, 0.29) is 0 Å². The van der Waals surface area contributed by atoms with Gasteiger partial charge in [-0.1, -0.05) is 25.5 Å². The lowest BCUT2D eigenvalue weighted by Crippen LogP contribution is -2.43. The Bertz CT molecular complexity index is 426. The number of nitrogens with zero attached hydrogens (tertiary/aromatic N) is 2. The van der Waals surface area contributed by atoms with Gasteiger partial charge in [0.15, 0.2) is 0 Å². The van der Waals surface area contributed by atoms with Crippen LogP contribution in [-0.4, -0.2) is 57.4 Å². The third-order valence-corrected chi connectivity index (χ3v) is 5.75. The first-order valence-corrected chi connectivity index (χ1v) is 9.42. The molecule has 0 aromatic heterocycles. The molecule has 6 heteroatoms. The Balaban J connectivity index is 2.32. The minimum Gasteiger partial charge on any atom is -0.299 e. The summed E-state index contributed by atoms with van der Waals surface area (Å²) in [6, 6.07) is 0. The van der Waals surface area contributed by atoms with Gasteiger partial charge in [0, 0.05) is 26.7 Å². The summed E-state index contributed by atoms with van der Waals surface area (Å²) in [4.78, 5) is 2.46. The van der Waals surface area contributed by atoms with Crippen LogP contribution in [-0.2, 0) is 10.2 Å². The molecule has 1 aliphatic rings. The van der Waals surface area contributed by atoms with Crippen molar-refractivity contribution in [1.82, 2.24) is 13.9 Å². The van der Waals surface area contributed by atoms with E-state index >= 15 is 0 Å². The number of likely N-dealkylation sites (tertiary alicyclic amines) is 1. The molecule has 0 aliphatic carbocycles. The van der Waals surface area contributed by atoms with Crippen LogP contribution in [0.3, 0.4) is 0 Å². The van der Waals surface area contributed by atoms with Gasteiger partial charge < -0.3 is 0 Å². The van der Waals surface area contributed by atoms with E-state index < -0.39 is 10.2 Å². The Hall–Kier alpha value is -0.430. The minimum absolute atomic E-state index is 0.455. The van der Waals surface area contributed by atoms with Crippen molar-refractivity contribution in [2.24, 2.45) is 5.92 Å². The molecule has 0 aromatic carbocycles. The predicted octanol–water partition coefficient (Wildman–Crippen LogP) is 1.84. The summed E-state index contributed by atoms with van der Waals surface area (Å²) in [6.45, 7) is 10.4. The topological polar surface area (TPSA) is 52.7 Å². The molecule has 0 saturated carbocycles. The monoisotopic (exact) mass is 317 g/mol. The molecule has 1 aliphatic heterocycles. The molecule has 0 radical (unpaired) electrons. The molecule has 0 bridgehead atoms. The molecule has 1 heterocycles. The van der Waals surface area contributed by atoms with E-state index in [9.17, 15) is 8.42 Å². The summed E-state index contributed by atoms with van der Waals surface area (Å²) in [5.41, 5.74) is 1.43. The highest BCUT2D eigenvalue weighted by atomic mass is 32.2. The van der Waals surface area contributed by atoms with Gasteiger partial charge in [-0.05, 0) is 45.2 Å². The van der Waals surface area contributed by atoms with Crippen molar-refractivity contribution in [1.29, 1.82) is 0 Å². The molecular formula is C15H31N3O2S. The summed E-state index contributed by atoms with van der Waals surface area (Å²) in [5, 5.41) is 0. The van der Waals surface area contributed by atoms with Crippen molar-refractivity contribution >= 4 is 10.2 Å². The number of nitrogens with one attached hydrogen (secondary N) is 1. The van der Waals surface area contributed by atoms with Gasteiger partial charge in [-0.3, -0.25) is 4.90 Å². The second-order valence-electron chi connectivity index (χ2n) is 5.95. The zero-order chi connectivity index (χ0) is 15.9. The molecule has 0 atom stereocenters. The molecule has 5 nitrogen and oxygen atoms in total. The van der Waals surface area contributed by atoms with Crippen LogP contribution < -0.4 is 4.72 Å². The average molecular weight is 317 g/mol. The zero-order valence-corrected chi connectivity index (χ0v) is 14.7. The smallest absolute Gasteiger partial charge is 0.279 e. The van der Waals surface area contributed by atoms with Crippen LogP contribution >= 0.6 is 0 Å². The SMILES string of the molecule is CCC=C(C)CN1CCC(CNS(=O)(=O)N(C)CC)CC1. The first-order valence-electron chi connectivity index (χ1n) is 7.98. The number of allylic oxidation sites excluding steroid dienone is 1. The number of rotatable bonds is 8. The first-order chi connectivity index (χ1) is 9.89. The fourth-order valence-electron chi connectivity index (χ4n) is 2.62. The van der Waals surface area contributed by atoms with Crippen LogP contribution in [0.25, 0.3) is 0 Å². The quantitative estimate of drug-likeness (QED) is 0.695. The molecule has 21 heavy (non-hydrogen) atoms. The standard InChI is InChI=1S/C15H31N3O2S/c1-5-7-14(3)13-18-10-8-15(9-11-18)12-16-21(19,20)17(4)6-2/h7,15-16H,5-6,8-13H2,1-4H3. The summed E-state index contributed by atoms with van der Waals surface area (Å²) in [7, 11) is -1.68. The molecule has 0 amide bonds. The Morgan fingerprint density at radius 3 is 2.48 bits per heavy atom. The van der Waals surface area contributed by atoms with Gasteiger partial charge in [-0.25, -0.2) is 4.72 Å². The first kappa shape index (κ1) is 18.6. The van der Waals surface area contributed by atoms with Gasteiger partial charge in [0.2, 0.25) is 0 Å². The van der Waals surface area contributed by atoms with E-state index in [0.29, 0.717) is 19.0 Å². The van der Waals surface area contributed by atoms with Crippen molar-refractivity contribution in [3.8, 4) is 0 Å². The van der Waals surface area contributed by atoms with Crippen LogP contribution in [0, 0.1) is 5.92 Å². The van der Waals surface area contributed by atoms with Crippen molar-refractivity contribution < 1.29 is 8.42 Å². The van der Waals surface area contributed by atoms with Gasteiger partial charge >= 0.3 is 0 Å². The van der Waals surface area contributed by atoms with Crippen LogP contribution in [0.2, 0.25) is 0 Å². The molecule has 1 N–H and O–H groups in total. The average Bonchev–Trinajstić information content (AvgIpc) is 2.46. The number of hydrogen-bond donors (Lipinski definition) is 1. The summed E-state index contributed by atoms with van der Waals surface area (Å²) in [6.07, 6.45) is 5.51. The third-order valence-electron chi connectivity index (χ3n) is 4.14. The van der Waals surface area contributed by atoms with E-state index in [1.54, 1.807) is 7.05 Å². The lowest BCUT2D eigenvalue weighted by Gasteiger charge is -2.32. The normalized spacial score (nSPS) is 19.4. The number of piperidine rings is 1. The summed E-state index contributed by atoms with van der Waals surface area (Å²) in [5.74, 6) is 0.455. The molecule has 0 aromatic rings. The third kappa shape index (κ3) is 6.46. The van der Waals surface area contributed by atoms with Crippen LogP contribution in [0.4, 0.5) is 0 Å². The second kappa shape index (κ2) is 8.88. The Labute approximate surface area is 130 Å². The summed E-state index contributed by atoms with van der Waals surface area (Å²) >= 11 is 0. The maximum absolute atomic E-state index is 11.9. The van der Waals surface area contributed by atoms with Gasteiger partial charge in [0.1, 0.15) is 0 Å². The second-order valence-corrected chi connectivity index (χ2v) is 7.81. The van der Waals surface area contributed by atoms with Crippen molar-refractivity contribution in [3.05, 3.63) is 11.6 Å². The lowest BCUT2D eigenvalue weighted by atomic mass is 9.97. The summed E-state index contributed by atoms with van der Waals surface area (Å²) < 4.78 is 27.8. The highest BCUT2D eigenvalue weighted by Gasteiger charge is 2.22. The molecular weight excluding hydrogens is 286 g/mol. The predicted molar refractivity (Wildman–Crippen MR) is 88.4 cm³/mol. The van der Waals surface area contributed by atoms with Crippen molar-refractivity contribution in [2.45, 2.75) is 40.0 Å². The lowest BCUT2D eigenvalue weighted by molar-refractivity contribution is 0.198. The van der Waals surface area contributed by atoms with Crippen LogP contribution in [0.1, 0.15) is 40.0 Å².